The molecule has 0 spiro atoms. The van der Waals surface area contributed by atoms with Crippen molar-refractivity contribution >= 4 is 12.2 Å². The third-order valence-corrected chi connectivity index (χ3v) is 1.73. The van der Waals surface area contributed by atoms with Gasteiger partial charge in [-0.3, -0.25) is 4.99 Å². The summed E-state index contributed by atoms with van der Waals surface area (Å²) in [5.74, 6) is -0.898. The van der Waals surface area contributed by atoms with Gasteiger partial charge >= 0.3 is 5.97 Å². The third-order valence-electron chi connectivity index (χ3n) is 1.73. The lowest BCUT2D eigenvalue weighted by atomic mass is 10.2. The number of carboxylic acids is 1. The number of benzene rings is 1. The van der Waals surface area contributed by atoms with Crippen LogP contribution in [0.2, 0.25) is 0 Å². The molecule has 0 saturated carbocycles. The number of carbonyl (C=O) groups is 1. The molecule has 0 aromatic heterocycles. The Bertz CT molecular complexity index is 360. The molecule has 2 N–H and O–H groups in total. The maximum Gasteiger partial charge on any atom is 0.328 e. The molecule has 0 aliphatic carbocycles. The summed E-state index contributed by atoms with van der Waals surface area (Å²) in [6.07, 6.45) is 1.36. The standard InChI is InChI=1S/C10H11NO3/c1-7(10(13)14)11-6-8-4-2-3-5-9(8)12/h2-7,12H,1H3,(H,13,14)/t7-/m1/s1. The van der Waals surface area contributed by atoms with E-state index in [-0.39, 0.29) is 5.75 Å². The number of para-hydroxylation sites is 1. The summed E-state index contributed by atoms with van der Waals surface area (Å²) in [5.41, 5.74) is 0.514. The zero-order valence-electron chi connectivity index (χ0n) is 7.71. The third kappa shape index (κ3) is 2.58. The fourth-order valence-electron chi connectivity index (χ4n) is 0.853. The minimum atomic E-state index is -0.989. The largest absolute Gasteiger partial charge is 0.507 e. The smallest absolute Gasteiger partial charge is 0.328 e. The van der Waals surface area contributed by atoms with Crippen LogP contribution in [0.3, 0.4) is 0 Å². The van der Waals surface area contributed by atoms with Crippen molar-refractivity contribution in [2.24, 2.45) is 4.99 Å². The van der Waals surface area contributed by atoms with Gasteiger partial charge in [0, 0.05) is 11.8 Å². The Morgan fingerprint density at radius 1 is 1.50 bits per heavy atom. The number of phenols is 1. The van der Waals surface area contributed by atoms with Gasteiger partial charge in [0.25, 0.3) is 0 Å². The molecule has 0 bridgehead atoms. The summed E-state index contributed by atoms with van der Waals surface area (Å²) in [6, 6.07) is 5.81. The summed E-state index contributed by atoms with van der Waals surface area (Å²) in [4.78, 5) is 14.2. The summed E-state index contributed by atoms with van der Waals surface area (Å²) in [6.45, 7) is 1.47. The number of phenolic OH excluding ortho intramolecular Hbond substituents is 1. The van der Waals surface area contributed by atoms with Gasteiger partial charge in [0.2, 0.25) is 0 Å². The lowest BCUT2D eigenvalue weighted by Gasteiger charge is -1.99. The number of hydrogen-bond acceptors (Lipinski definition) is 3. The van der Waals surface area contributed by atoms with Gasteiger partial charge in [-0.15, -0.1) is 0 Å². The van der Waals surface area contributed by atoms with E-state index in [0.29, 0.717) is 5.56 Å². The highest BCUT2D eigenvalue weighted by molar-refractivity contribution is 5.85. The molecule has 0 amide bonds. The number of nitrogens with zero attached hydrogens (tertiary/aromatic N) is 1. The first-order valence-corrected chi connectivity index (χ1v) is 4.15. The number of aliphatic imine (C=N–C) groups is 1. The SMILES string of the molecule is C[C@@H](N=Cc1ccccc1O)C(=O)O. The first-order chi connectivity index (χ1) is 6.61. The van der Waals surface area contributed by atoms with E-state index in [1.807, 2.05) is 0 Å². The van der Waals surface area contributed by atoms with Gasteiger partial charge in [0.1, 0.15) is 11.8 Å². The van der Waals surface area contributed by atoms with E-state index in [0.717, 1.165) is 0 Å². The van der Waals surface area contributed by atoms with E-state index in [1.54, 1.807) is 18.2 Å². The predicted octanol–water partition coefficient (Wildman–Crippen LogP) is 1.28. The van der Waals surface area contributed by atoms with E-state index in [9.17, 15) is 9.90 Å². The highest BCUT2D eigenvalue weighted by Gasteiger charge is 2.06. The number of rotatable bonds is 3. The monoisotopic (exact) mass is 193 g/mol. The lowest BCUT2D eigenvalue weighted by Crippen LogP contribution is -2.13. The summed E-state index contributed by atoms with van der Waals surface area (Å²) < 4.78 is 0. The van der Waals surface area contributed by atoms with Crippen LogP contribution in [0.5, 0.6) is 5.75 Å². The maximum atomic E-state index is 10.4. The highest BCUT2D eigenvalue weighted by Crippen LogP contribution is 2.12. The summed E-state index contributed by atoms with van der Waals surface area (Å²) in [7, 11) is 0. The van der Waals surface area contributed by atoms with Crippen LogP contribution in [0.1, 0.15) is 12.5 Å². The van der Waals surface area contributed by atoms with E-state index >= 15 is 0 Å². The van der Waals surface area contributed by atoms with Crippen LogP contribution in [0.25, 0.3) is 0 Å². The Balaban J connectivity index is 2.78. The van der Waals surface area contributed by atoms with Gasteiger partial charge in [-0.05, 0) is 19.1 Å². The predicted molar refractivity (Wildman–Crippen MR) is 52.8 cm³/mol. The van der Waals surface area contributed by atoms with Gasteiger partial charge in [-0.25, -0.2) is 4.79 Å². The zero-order chi connectivity index (χ0) is 10.6. The molecule has 4 nitrogen and oxygen atoms in total. The van der Waals surface area contributed by atoms with Crippen molar-refractivity contribution in [1.82, 2.24) is 0 Å². The second-order valence-electron chi connectivity index (χ2n) is 2.85. The number of aliphatic carboxylic acids is 1. The first-order valence-electron chi connectivity index (χ1n) is 4.15. The minimum Gasteiger partial charge on any atom is -0.507 e. The molecule has 0 heterocycles. The van der Waals surface area contributed by atoms with Crippen molar-refractivity contribution < 1.29 is 15.0 Å². The Labute approximate surface area is 81.5 Å². The van der Waals surface area contributed by atoms with Crippen molar-refractivity contribution in [2.75, 3.05) is 0 Å². The second-order valence-corrected chi connectivity index (χ2v) is 2.85. The Hall–Kier alpha value is -1.84. The topological polar surface area (TPSA) is 69.9 Å². The van der Waals surface area contributed by atoms with Crippen molar-refractivity contribution in [2.45, 2.75) is 13.0 Å². The normalized spacial score (nSPS) is 12.9. The van der Waals surface area contributed by atoms with Crippen LogP contribution in [-0.4, -0.2) is 28.4 Å². The molecule has 0 radical (unpaired) electrons. The Morgan fingerprint density at radius 3 is 2.71 bits per heavy atom. The molecule has 1 atom stereocenters. The first kappa shape index (κ1) is 10.2. The molecule has 1 aromatic rings. The number of carboxylic acid groups (broad SMARTS) is 1. The van der Waals surface area contributed by atoms with Crippen LogP contribution in [0, 0.1) is 0 Å². The van der Waals surface area contributed by atoms with Gasteiger partial charge in [-0.2, -0.15) is 0 Å². The highest BCUT2D eigenvalue weighted by atomic mass is 16.4. The lowest BCUT2D eigenvalue weighted by molar-refractivity contribution is -0.137. The fraction of sp³-hybridized carbons (Fsp3) is 0.200. The maximum absolute atomic E-state index is 10.4. The van der Waals surface area contributed by atoms with Crippen molar-refractivity contribution in [3.05, 3.63) is 29.8 Å². The van der Waals surface area contributed by atoms with Crippen LogP contribution < -0.4 is 0 Å². The molecule has 74 valence electrons. The van der Waals surface area contributed by atoms with E-state index in [1.165, 1.54) is 19.2 Å². The van der Waals surface area contributed by atoms with Gasteiger partial charge in [0.15, 0.2) is 0 Å². The summed E-state index contributed by atoms with van der Waals surface area (Å²) in [5, 5.41) is 17.9. The van der Waals surface area contributed by atoms with E-state index < -0.39 is 12.0 Å². The van der Waals surface area contributed by atoms with Crippen LogP contribution in [-0.2, 0) is 4.79 Å². The van der Waals surface area contributed by atoms with Crippen molar-refractivity contribution in [3.63, 3.8) is 0 Å². The van der Waals surface area contributed by atoms with Crippen LogP contribution in [0.4, 0.5) is 0 Å². The average Bonchev–Trinajstić information content (AvgIpc) is 2.16. The molecule has 0 aliphatic rings. The molecule has 4 heteroatoms. The number of hydrogen-bond donors (Lipinski definition) is 2. The van der Waals surface area contributed by atoms with Gasteiger partial charge in [0.05, 0.1) is 0 Å². The van der Waals surface area contributed by atoms with Crippen LogP contribution >= 0.6 is 0 Å². The quantitative estimate of drug-likeness (QED) is 0.710. The van der Waals surface area contributed by atoms with E-state index in [4.69, 9.17) is 5.11 Å². The molecular weight excluding hydrogens is 182 g/mol. The fourth-order valence-corrected chi connectivity index (χ4v) is 0.853. The van der Waals surface area contributed by atoms with E-state index in [2.05, 4.69) is 4.99 Å². The van der Waals surface area contributed by atoms with Gasteiger partial charge < -0.3 is 10.2 Å². The Morgan fingerprint density at radius 2 is 2.14 bits per heavy atom. The summed E-state index contributed by atoms with van der Waals surface area (Å²) >= 11 is 0. The molecule has 0 fully saturated rings. The molecule has 0 aliphatic heterocycles. The molecule has 0 saturated heterocycles. The van der Waals surface area contributed by atoms with Gasteiger partial charge in [-0.1, -0.05) is 12.1 Å². The molecular formula is C10H11NO3. The molecule has 0 unspecified atom stereocenters. The zero-order valence-corrected chi connectivity index (χ0v) is 7.71. The van der Waals surface area contributed by atoms with Crippen molar-refractivity contribution in [3.8, 4) is 5.75 Å². The number of aromatic hydroxyl groups is 1. The van der Waals surface area contributed by atoms with Crippen LogP contribution in [0.15, 0.2) is 29.3 Å². The molecule has 1 rings (SSSR count). The Kier molecular flexibility index (Phi) is 3.23. The molecule has 1 aromatic carbocycles. The molecule has 14 heavy (non-hydrogen) atoms. The second kappa shape index (κ2) is 4.41. The average molecular weight is 193 g/mol. The minimum absolute atomic E-state index is 0.0915. The van der Waals surface area contributed by atoms with Crippen molar-refractivity contribution in [1.29, 1.82) is 0 Å².